The SMILES string of the molecule is CC[C@@H](O)c1cc2c(cc1Br)n(C)c(=O)n2C. The van der Waals surface area contributed by atoms with Gasteiger partial charge in [-0.3, -0.25) is 9.13 Å². The van der Waals surface area contributed by atoms with Crippen molar-refractivity contribution in [3.63, 3.8) is 0 Å². The van der Waals surface area contributed by atoms with E-state index in [-0.39, 0.29) is 5.69 Å². The Labute approximate surface area is 108 Å². The van der Waals surface area contributed by atoms with E-state index in [2.05, 4.69) is 15.9 Å². The van der Waals surface area contributed by atoms with Crippen LogP contribution in [0.2, 0.25) is 0 Å². The van der Waals surface area contributed by atoms with Crippen molar-refractivity contribution in [3.8, 4) is 0 Å². The van der Waals surface area contributed by atoms with Crippen molar-refractivity contribution < 1.29 is 5.11 Å². The Bertz CT molecular complexity index is 627. The van der Waals surface area contributed by atoms with E-state index in [0.29, 0.717) is 6.42 Å². The molecule has 0 saturated heterocycles. The van der Waals surface area contributed by atoms with Crippen LogP contribution in [-0.2, 0) is 14.1 Å². The Morgan fingerprint density at radius 3 is 2.35 bits per heavy atom. The molecule has 0 aliphatic carbocycles. The van der Waals surface area contributed by atoms with Crippen LogP contribution in [-0.4, -0.2) is 14.2 Å². The molecule has 2 aromatic rings. The summed E-state index contributed by atoms with van der Waals surface area (Å²) in [5.41, 5.74) is 2.45. The lowest BCUT2D eigenvalue weighted by Gasteiger charge is -2.11. The number of aryl methyl sites for hydroxylation is 2. The highest BCUT2D eigenvalue weighted by Gasteiger charge is 2.15. The highest BCUT2D eigenvalue weighted by atomic mass is 79.9. The minimum Gasteiger partial charge on any atom is -0.388 e. The second-order valence-electron chi connectivity index (χ2n) is 4.19. The van der Waals surface area contributed by atoms with Crippen LogP contribution >= 0.6 is 15.9 Å². The summed E-state index contributed by atoms with van der Waals surface area (Å²) in [5, 5.41) is 9.91. The number of nitrogens with zero attached hydrogens (tertiary/aromatic N) is 2. The van der Waals surface area contributed by atoms with Gasteiger partial charge < -0.3 is 5.11 Å². The molecule has 0 spiro atoms. The molecule has 0 saturated carbocycles. The van der Waals surface area contributed by atoms with E-state index >= 15 is 0 Å². The van der Waals surface area contributed by atoms with Crippen LogP contribution in [0.5, 0.6) is 0 Å². The van der Waals surface area contributed by atoms with Gasteiger partial charge in [0.1, 0.15) is 0 Å². The standard InChI is InChI=1S/C12H15BrN2O2/c1-4-11(16)7-5-9-10(6-8(7)13)15(3)12(17)14(9)2/h5-6,11,16H,4H2,1-3H3/t11-/m1/s1. The third-order valence-electron chi connectivity index (χ3n) is 3.14. The number of rotatable bonds is 2. The average molecular weight is 299 g/mol. The lowest BCUT2D eigenvalue weighted by molar-refractivity contribution is 0.173. The number of aliphatic hydroxyl groups is 1. The maximum Gasteiger partial charge on any atom is 0.328 e. The van der Waals surface area contributed by atoms with Crippen molar-refractivity contribution in [1.29, 1.82) is 0 Å². The van der Waals surface area contributed by atoms with Crippen molar-refractivity contribution >= 4 is 27.0 Å². The van der Waals surface area contributed by atoms with Crippen LogP contribution in [0.4, 0.5) is 0 Å². The molecule has 17 heavy (non-hydrogen) atoms. The Hall–Kier alpha value is -1.07. The van der Waals surface area contributed by atoms with Gasteiger partial charge in [0.15, 0.2) is 0 Å². The smallest absolute Gasteiger partial charge is 0.328 e. The summed E-state index contributed by atoms with van der Waals surface area (Å²) < 4.78 is 4.02. The van der Waals surface area contributed by atoms with Crippen molar-refractivity contribution in [2.24, 2.45) is 14.1 Å². The zero-order valence-corrected chi connectivity index (χ0v) is 11.7. The molecule has 5 heteroatoms. The van der Waals surface area contributed by atoms with E-state index in [0.717, 1.165) is 21.1 Å². The van der Waals surface area contributed by atoms with Crippen LogP contribution in [0, 0.1) is 0 Å². The van der Waals surface area contributed by atoms with E-state index in [1.165, 1.54) is 0 Å². The van der Waals surface area contributed by atoms with Crippen molar-refractivity contribution in [2.75, 3.05) is 0 Å². The fourth-order valence-corrected chi connectivity index (χ4v) is 2.61. The summed E-state index contributed by atoms with van der Waals surface area (Å²) in [6.45, 7) is 1.92. The molecule has 1 heterocycles. The molecule has 4 nitrogen and oxygen atoms in total. The molecule has 0 amide bonds. The summed E-state index contributed by atoms with van der Waals surface area (Å²) in [7, 11) is 3.48. The number of fused-ring (bicyclic) bond motifs is 1. The summed E-state index contributed by atoms with van der Waals surface area (Å²) in [6.07, 6.45) is 0.134. The molecule has 0 bridgehead atoms. The molecule has 2 rings (SSSR count). The van der Waals surface area contributed by atoms with E-state index < -0.39 is 6.10 Å². The van der Waals surface area contributed by atoms with Crippen LogP contribution in [0.1, 0.15) is 25.0 Å². The first-order valence-electron chi connectivity index (χ1n) is 5.50. The van der Waals surface area contributed by atoms with Gasteiger partial charge in [0.05, 0.1) is 17.1 Å². The fourth-order valence-electron chi connectivity index (χ4n) is 2.01. The third kappa shape index (κ3) is 1.83. The second kappa shape index (κ2) is 4.31. The van der Waals surface area contributed by atoms with Gasteiger partial charge in [0.2, 0.25) is 0 Å². The summed E-state index contributed by atoms with van der Waals surface area (Å²) >= 11 is 3.44. The maximum absolute atomic E-state index is 11.8. The molecule has 0 unspecified atom stereocenters. The largest absolute Gasteiger partial charge is 0.388 e. The Morgan fingerprint density at radius 1 is 1.29 bits per heavy atom. The van der Waals surface area contributed by atoms with Gasteiger partial charge in [-0.1, -0.05) is 22.9 Å². The number of aliphatic hydroxyl groups excluding tert-OH is 1. The zero-order valence-electron chi connectivity index (χ0n) is 10.1. The molecule has 1 N–H and O–H groups in total. The number of hydrogen-bond acceptors (Lipinski definition) is 2. The van der Waals surface area contributed by atoms with Gasteiger partial charge >= 0.3 is 5.69 Å². The van der Waals surface area contributed by atoms with Gasteiger partial charge in [-0.25, -0.2) is 4.79 Å². The van der Waals surface area contributed by atoms with E-state index in [9.17, 15) is 9.90 Å². The Balaban J connectivity index is 2.81. The van der Waals surface area contributed by atoms with Crippen molar-refractivity contribution in [1.82, 2.24) is 9.13 Å². The molecule has 0 aliphatic rings. The minimum absolute atomic E-state index is 0.0601. The van der Waals surface area contributed by atoms with Gasteiger partial charge in [-0.05, 0) is 24.1 Å². The molecular weight excluding hydrogens is 284 g/mol. The van der Waals surface area contributed by atoms with Crippen LogP contribution < -0.4 is 5.69 Å². The molecule has 0 radical (unpaired) electrons. The molecule has 92 valence electrons. The first-order valence-corrected chi connectivity index (χ1v) is 6.29. The number of halogens is 1. The minimum atomic E-state index is -0.510. The van der Waals surface area contributed by atoms with Gasteiger partial charge in [-0.2, -0.15) is 0 Å². The predicted octanol–water partition coefficient (Wildman–Crippen LogP) is 2.08. The fraction of sp³-hybridized carbons (Fsp3) is 0.417. The van der Waals surface area contributed by atoms with Crippen LogP contribution in [0.25, 0.3) is 11.0 Å². The van der Waals surface area contributed by atoms with Crippen molar-refractivity contribution in [2.45, 2.75) is 19.4 Å². The highest BCUT2D eigenvalue weighted by Crippen LogP contribution is 2.29. The first kappa shape index (κ1) is 12.4. The summed E-state index contributed by atoms with van der Waals surface area (Å²) in [6, 6.07) is 3.75. The number of benzene rings is 1. The monoisotopic (exact) mass is 298 g/mol. The molecule has 0 fully saturated rings. The van der Waals surface area contributed by atoms with E-state index in [4.69, 9.17) is 0 Å². The lowest BCUT2D eigenvalue weighted by atomic mass is 10.1. The molecule has 1 aromatic heterocycles. The Kier molecular flexibility index (Phi) is 3.14. The topological polar surface area (TPSA) is 47.2 Å². The average Bonchev–Trinajstić information content (AvgIpc) is 2.53. The first-order chi connectivity index (χ1) is 7.97. The number of imidazole rings is 1. The second-order valence-corrected chi connectivity index (χ2v) is 5.04. The van der Waals surface area contributed by atoms with Crippen LogP contribution in [0.15, 0.2) is 21.4 Å². The van der Waals surface area contributed by atoms with E-state index in [1.54, 1.807) is 23.2 Å². The maximum atomic E-state index is 11.8. The van der Waals surface area contributed by atoms with Gasteiger partial charge in [-0.15, -0.1) is 0 Å². The third-order valence-corrected chi connectivity index (χ3v) is 3.82. The molecule has 0 aliphatic heterocycles. The quantitative estimate of drug-likeness (QED) is 0.923. The number of aromatic nitrogens is 2. The number of hydrogen-bond donors (Lipinski definition) is 1. The molecule has 1 aromatic carbocycles. The predicted molar refractivity (Wildman–Crippen MR) is 71.1 cm³/mol. The molecular formula is C12H15BrN2O2. The normalized spacial score (nSPS) is 13.2. The summed E-state index contributed by atoms with van der Waals surface area (Å²) in [5.74, 6) is 0. The lowest BCUT2D eigenvalue weighted by Crippen LogP contribution is -2.19. The van der Waals surface area contributed by atoms with Crippen LogP contribution in [0.3, 0.4) is 0 Å². The highest BCUT2D eigenvalue weighted by molar-refractivity contribution is 9.10. The Morgan fingerprint density at radius 2 is 1.82 bits per heavy atom. The van der Waals surface area contributed by atoms with Crippen molar-refractivity contribution in [3.05, 3.63) is 32.7 Å². The van der Waals surface area contributed by atoms with Gasteiger partial charge in [0, 0.05) is 18.6 Å². The zero-order chi connectivity index (χ0) is 12.7. The summed E-state index contributed by atoms with van der Waals surface area (Å²) in [4.78, 5) is 11.8. The molecule has 1 atom stereocenters. The van der Waals surface area contributed by atoms with E-state index in [1.807, 2.05) is 19.1 Å². The van der Waals surface area contributed by atoms with Gasteiger partial charge in [0.25, 0.3) is 0 Å².